The topological polar surface area (TPSA) is 52.7 Å². The molecule has 1 heterocycles. The molecule has 1 N–H and O–H groups in total. The normalized spacial score (nSPS) is 14.1. The third-order valence-corrected chi connectivity index (χ3v) is 4.23. The minimum Gasteiger partial charge on any atom is -0.370 e. The summed E-state index contributed by atoms with van der Waals surface area (Å²) in [5.74, 6) is -0.257. The molecule has 0 spiro atoms. The average Bonchev–Trinajstić information content (AvgIpc) is 2.67. The van der Waals surface area contributed by atoms with E-state index < -0.39 is 0 Å². The fraction of sp³-hybridized carbons (Fsp3) is 0.263. The molecular formula is C19H21N3O2. The Morgan fingerprint density at radius 3 is 2.33 bits per heavy atom. The summed E-state index contributed by atoms with van der Waals surface area (Å²) < 4.78 is 0. The first-order valence-corrected chi connectivity index (χ1v) is 8.24. The molecule has 0 bridgehead atoms. The first kappa shape index (κ1) is 16.1. The first-order chi connectivity index (χ1) is 11.8. The maximum absolute atomic E-state index is 12.9. The molecular weight excluding hydrogens is 302 g/mol. The van der Waals surface area contributed by atoms with Gasteiger partial charge in [-0.05, 0) is 43.5 Å². The third kappa shape index (κ3) is 3.40. The molecule has 0 unspecified atom stereocenters. The molecule has 24 heavy (non-hydrogen) atoms. The molecule has 1 saturated heterocycles. The van der Waals surface area contributed by atoms with E-state index in [1.165, 1.54) is 11.4 Å². The van der Waals surface area contributed by atoms with Gasteiger partial charge in [0.15, 0.2) is 0 Å². The molecule has 2 aromatic carbocycles. The lowest BCUT2D eigenvalue weighted by Crippen LogP contribution is -2.43. The van der Waals surface area contributed by atoms with Crippen LogP contribution >= 0.6 is 0 Å². The average molecular weight is 323 g/mol. The summed E-state index contributed by atoms with van der Waals surface area (Å²) in [6.07, 6.45) is 4.05. The van der Waals surface area contributed by atoms with Crippen LogP contribution in [0.2, 0.25) is 0 Å². The highest BCUT2D eigenvalue weighted by molar-refractivity contribution is 6.08. The summed E-state index contributed by atoms with van der Waals surface area (Å²) >= 11 is 0. The lowest BCUT2D eigenvalue weighted by molar-refractivity contribution is -0.109. The summed E-state index contributed by atoms with van der Waals surface area (Å²) in [5, 5.41) is 1.33. The van der Waals surface area contributed by atoms with Crippen LogP contribution in [0, 0.1) is 0 Å². The van der Waals surface area contributed by atoms with Crippen LogP contribution in [-0.4, -0.2) is 25.4 Å². The van der Waals surface area contributed by atoms with Gasteiger partial charge in [-0.2, -0.15) is 0 Å². The molecule has 5 nitrogen and oxygen atoms in total. The van der Waals surface area contributed by atoms with Crippen molar-refractivity contribution in [2.75, 3.05) is 23.0 Å². The van der Waals surface area contributed by atoms with E-state index in [1.807, 2.05) is 42.5 Å². The van der Waals surface area contributed by atoms with Crippen molar-refractivity contribution in [2.24, 2.45) is 0 Å². The van der Waals surface area contributed by atoms with Crippen molar-refractivity contribution < 1.29 is 9.59 Å². The molecule has 0 aliphatic carbocycles. The standard InChI is InChI=1S/C19H21N3O2/c23-15-20-22(19(24)16-9-3-1-4-10-16)18-12-6-5-11-17(18)21-13-7-2-8-14-21/h1,3-6,9-12,15H,2,7-8,13-14H2,(H,20,23). The van der Waals surface area contributed by atoms with Crippen LogP contribution in [0.15, 0.2) is 54.6 Å². The Labute approximate surface area is 141 Å². The zero-order chi connectivity index (χ0) is 16.8. The van der Waals surface area contributed by atoms with Gasteiger partial charge in [-0.1, -0.05) is 30.3 Å². The van der Waals surface area contributed by atoms with Crippen LogP contribution < -0.4 is 15.3 Å². The smallest absolute Gasteiger partial charge is 0.277 e. The van der Waals surface area contributed by atoms with Crippen LogP contribution in [0.5, 0.6) is 0 Å². The highest BCUT2D eigenvalue weighted by Gasteiger charge is 2.23. The fourth-order valence-corrected chi connectivity index (χ4v) is 3.06. The molecule has 1 fully saturated rings. The molecule has 5 heteroatoms. The number of carbonyl (C=O) groups excluding carboxylic acids is 2. The summed E-state index contributed by atoms with van der Waals surface area (Å²) in [7, 11) is 0. The molecule has 0 aromatic heterocycles. The lowest BCUT2D eigenvalue weighted by Gasteiger charge is -2.33. The number of para-hydroxylation sites is 2. The van der Waals surface area contributed by atoms with E-state index in [0.717, 1.165) is 31.6 Å². The van der Waals surface area contributed by atoms with Crippen LogP contribution in [0.25, 0.3) is 0 Å². The van der Waals surface area contributed by atoms with Crippen molar-refractivity contribution in [3.63, 3.8) is 0 Å². The Bertz CT molecular complexity index is 697. The van der Waals surface area contributed by atoms with Crippen molar-refractivity contribution in [1.82, 2.24) is 5.43 Å². The molecule has 3 rings (SSSR count). The van der Waals surface area contributed by atoms with Crippen LogP contribution in [0.4, 0.5) is 11.4 Å². The molecule has 2 amide bonds. The van der Waals surface area contributed by atoms with E-state index in [9.17, 15) is 9.59 Å². The molecule has 0 saturated carbocycles. The van der Waals surface area contributed by atoms with E-state index in [-0.39, 0.29) is 5.91 Å². The van der Waals surface area contributed by atoms with Gasteiger partial charge in [-0.25, -0.2) is 5.01 Å². The molecule has 124 valence electrons. The number of nitrogens with one attached hydrogen (secondary N) is 1. The Hall–Kier alpha value is -2.82. The summed E-state index contributed by atoms with van der Waals surface area (Å²) in [4.78, 5) is 26.2. The minimum absolute atomic E-state index is 0.257. The quantitative estimate of drug-likeness (QED) is 0.680. The molecule has 2 aromatic rings. The second-order valence-electron chi connectivity index (χ2n) is 5.79. The third-order valence-electron chi connectivity index (χ3n) is 4.23. The van der Waals surface area contributed by atoms with Gasteiger partial charge in [0.2, 0.25) is 6.41 Å². The predicted octanol–water partition coefficient (Wildman–Crippen LogP) is 2.98. The number of piperidine rings is 1. The van der Waals surface area contributed by atoms with Crippen molar-refractivity contribution in [1.29, 1.82) is 0 Å². The zero-order valence-corrected chi connectivity index (χ0v) is 13.5. The maximum Gasteiger partial charge on any atom is 0.277 e. The van der Waals surface area contributed by atoms with Crippen molar-refractivity contribution in [3.8, 4) is 0 Å². The summed E-state index contributed by atoms with van der Waals surface area (Å²) in [5.41, 5.74) is 4.74. The van der Waals surface area contributed by atoms with Crippen LogP contribution in [0.3, 0.4) is 0 Å². The molecule has 0 atom stereocenters. The van der Waals surface area contributed by atoms with Gasteiger partial charge in [-0.15, -0.1) is 0 Å². The Kier molecular flexibility index (Phi) is 5.11. The number of anilines is 2. The number of nitrogens with zero attached hydrogens (tertiary/aromatic N) is 2. The van der Waals surface area contributed by atoms with E-state index in [4.69, 9.17) is 0 Å². The Morgan fingerprint density at radius 2 is 1.62 bits per heavy atom. The number of benzene rings is 2. The summed E-state index contributed by atoms with van der Waals surface area (Å²) in [6, 6.07) is 16.7. The maximum atomic E-state index is 12.9. The van der Waals surface area contributed by atoms with Gasteiger partial charge in [0.05, 0.1) is 11.4 Å². The van der Waals surface area contributed by atoms with Gasteiger partial charge in [0.1, 0.15) is 0 Å². The second kappa shape index (κ2) is 7.64. The van der Waals surface area contributed by atoms with E-state index in [1.54, 1.807) is 12.1 Å². The SMILES string of the molecule is O=CNN(C(=O)c1ccccc1)c1ccccc1N1CCCCC1. The highest BCUT2D eigenvalue weighted by atomic mass is 16.2. The van der Waals surface area contributed by atoms with Crippen molar-refractivity contribution >= 4 is 23.7 Å². The number of amides is 2. The largest absolute Gasteiger partial charge is 0.370 e. The summed E-state index contributed by atoms with van der Waals surface area (Å²) in [6.45, 7) is 1.93. The predicted molar refractivity (Wildman–Crippen MR) is 95.0 cm³/mol. The Balaban J connectivity index is 1.96. The Morgan fingerprint density at radius 1 is 0.958 bits per heavy atom. The van der Waals surface area contributed by atoms with E-state index >= 15 is 0 Å². The van der Waals surface area contributed by atoms with Crippen molar-refractivity contribution in [2.45, 2.75) is 19.3 Å². The molecule has 1 aliphatic heterocycles. The zero-order valence-electron chi connectivity index (χ0n) is 13.5. The van der Waals surface area contributed by atoms with Gasteiger partial charge < -0.3 is 4.90 Å². The van der Waals surface area contributed by atoms with E-state index in [0.29, 0.717) is 17.7 Å². The van der Waals surface area contributed by atoms with Gasteiger partial charge in [-0.3, -0.25) is 15.0 Å². The molecule has 1 aliphatic rings. The number of rotatable bonds is 5. The van der Waals surface area contributed by atoms with Gasteiger partial charge >= 0.3 is 0 Å². The minimum atomic E-state index is -0.257. The first-order valence-electron chi connectivity index (χ1n) is 8.24. The van der Waals surface area contributed by atoms with Crippen LogP contribution in [0.1, 0.15) is 29.6 Å². The number of hydrazine groups is 1. The number of hydrogen-bond acceptors (Lipinski definition) is 3. The van der Waals surface area contributed by atoms with Crippen molar-refractivity contribution in [3.05, 3.63) is 60.2 Å². The fourth-order valence-electron chi connectivity index (χ4n) is 3.06. The van der Waals surface area contributed by atoms with Gasteiger partial charge in [0.25, 0.3) is 5.91 Å². The van der Waals surface area contributed by atoms with Gasteiger partial charge in [0, 0.05) is 18.7 Å². The second-order valence-corrected chi connectivity index (χ2v) is 5.79. The molecule has 0 radical (unpaired) electrons. The van der Waals surface area contributed by atoms with E-state index in [2.05, 4.69) is 10.3 Å². The lowest BCUT2D eigenvalue weighted by atomic mass is 10.1. The van der Waals surface area contributed by atoms with Crippen LogP contribution in [-0.2, 0) is 4.79 Å². The number of hydrogen-bond donors (Lipinski definition) is 1. The monoisotopic (exact) mass is 323 g/mol. The highest BCUT2D eigenvalue weighted by Crippen LogP contribution is 2.31. The number of carbonyl (C=O) groups is 2.